The molecule has 0 saturated carbocycles. The third kappa shape index (κ3) is 3.15. The predicted molar refractivity (Wildman–Crippen MR) is 83.2 cm³/mol. The molecule has 0 bridgehead atoms. The van der Waals surface area contributed by atoms with Gasteiger partial charge in [-0.3, -0.25) is 14.7 Å². The van der Waals surface area contributed by atoms with E-state index < -0.39 is 0 Å². The van der Waals surface area contributed by atoms with Crippen LogP contribution < -0.4 is 4.90 Å². The Bertz CT molecular complexity index is 732. The Balaban J connectivity index is 1.95. The molecule has 3 rings (SSSR count). The molecule has 5 heteroatoms. The number of benzene rings is 1. The minimum atomic E-state index is -0.226. The molecule has 0 unspecified atom stereocenters. The van der Waals surface area contributed by atoms with Gasteiger partial charge in [-0.25, -0.2) is 9.97 Å². The summed E-state index contributed by atoms with van der Waals surface area (Å²) < 4.78 is 0. The summed E-state index contributed by atoms with van der Waals surface area (Å²) in [6.07, 6.45) is 6.17. The second-order valence-corrected chi connectivity index (χ2v) is 4.66. The van der Waals surface area contributed by atoms with E-state index in [0.717, 1.165) is 5.56 Å². The van der Waals surface area contributed by atoms with Crippen LogP contribution in [-0.4, -0.2) is 20.9 Å². The lowest BCUT2D eigenvalue weighted by Gasteiger charge is -2.21. The lowest BCUT2D eigenvalue weighted by Crippen LogP contribution is -2.31. The van der Waals surface area contributed by atoms with Crippen molar-refractivity contribution in [3.05, 3.63) is 84.6 Å². The first-order valence-corrected chi connectivity index (χ1v) is 6.87. The van der Waals surface area contributed by atoms with E-state index in [0.29, 0.717) is 18.1 Å². The largest absolute Gasteiger partial charge is 0.287 e. The van der Waals surface area contributed by atoms with Gasteiger partial charge in [0.25, 0.3) is 5.91 Å². The molecule has 0 aliphatic heterocycles. The molecule has 0 spiro atoms. The summed E-state index contributed by atoms with van der Waals surface area (Å²) in [6.45, 7) is 0.424. The maximum Gasteiger partial charge on any atom is 0.279 e. The Morgan fingerprint density at radius 1 is 0.909 bits per heavy atom. The molecule has 108 valence electrons. The lowest BCUT2D eigenvalue weighted by molar-refractivity contribution is 0.0979. The quantitative estimate of drug-likeness (QED) is 0.741. The number of rotatable bonds is 4. The van der Waals surface area contributed by atoms with Crippen molar-refractivity contribution in [3.63, 3.8) is 0 Å². The average molecular weight is 290 g/mol. The third-order valence-corrected chi connectivity index (χ3v) is 3.14. The summed E-state index contributed by atoms with van der Waals surface area (Å²) >= 11 is 0. The molecule has 2 aromatic heterocycles. The SMILES string of the molecule is O=C(c1cnccn1)N(Cc1ccccc1)c1ccccn1. The summed E-state index contributed by atoms with van der Waals surface area (Å²) in [5.74, 6) is 0.359. The fraction of sp³-hybridized carbons (Fsp3) is 0.0588. The molecule has 0 aliphatic carbocycles. The van der Waals surface area contributed by atoms with Gasteiger partial charge in [-0.2, -0.15) is 0 Å². The van der Waals surface area contributed by atoms with Crippen molar-refractivity contribution in [2.45, 2.75) is 6.54 Å². The average Bonchev–Trinajstić information content (AvgIpc) is 2.61. The maximum absolute atomic E-state index is 12.7. The number of amides is 1. The van der Waals surface area contributed by atoms with Gasteiger partial charge >= 0.3 is 0 Å². The van der Waals surface area contributed by atoms with Crippen molar-refractivity contribution >= 4 is 11.7 Å². The Morgan fingerprint density at radius 2 is 1.73 bits per heavy atom. The summed E-state index contributed by atoms with van der Waals surface area (Å²) in [7, 11) is 0. The first-order chi connectivity index (χ1) is 10.8. The van der Waals surface area contributed by atoms with Crippen LogP contribution in [0.5, 0.6) is 0 Å². The zero-order valence-corrected chi connectivity index (χ0v) is 11.8. The number of nitrogens with zero attached hydrogens (tertiary/aromatic N) is 4. The Hall–Kier alpha value is -3.08. The van der Waals surface area contributed by atoms with Gasteiger partial charge in [0.15, 0.2) is 0 Å². The van der Waals surface area contributed by atoms with Gasteiger partial charge in [0.2, 0.25) is 0 Å². The fourth-order valence-corrected chi connectivity index (χ4v) is 2.08. The van der Waals surface area contributed by atoms with Crippen LogP contribution in [0, 0.1) is 0 Å². The third-order valence-electron chi connectivity index (χ3n) is 3.14. The maximum atomic E-state index is 12.7. The Morgan fingerprint density at radius 3 is 2.41 bits per heavy atom. The highest BCUT2D eigenvalue weighted by Gasteiger charge is 2.20. The van der Waals surface area contributed by atoms with Crippen molar-refractivity contribution in [3.8, 4) is 0 Å². The van der Waals surface area contributed by atoms with Crippen LogP contribution in [0.2, 0.25) is 0 Å². The highest BCUT2D eigenvalue weighted by Crippen LogP contribution is 2.16. The van der Waals surface area contributed by atoms with E-state index >= 15 is 0 Å². The van der Waals surface area contributed by atoms with Crippen molar-refractivity contribution < 1.29 is 4.79 Å². The normalized spacial score (nSPS) is 10.2. The topological polar surface area (TPSA) is 59.0 Å². The van der Waals surface area contributed by atoms with Gasteiger partial charge in [-0.1, -0.05) is 36.4 Å². The first-order valence-electron chi connectivity index (χ1n) is 6.87. The summed E-state index contributed by atoms with van der Waals surface area (Å²) in [4.78, 5) is 26.7. The molecule has 0 aliphatic rings. The molecule has 22 heavy (non-hydrogen) atoms. The van der Waals surface area contributed by atoms with E-state index in [1.165, 1.54) is 12.4 Å². The van der Waals surface area contributed by atoms with E-state index in [1.807, 2.05) is 42.5 Å². The van der Waals surface area contributed by atoms with Gasteiger partial charge in [0, 0.05) is 18.6 Å². The van der Waals surface area contributed by atoms with E-state index in [2.05, 4.69) is 15.0 Å². The zero-order chi connectivity index (χ0) is 15.2. The fourth-order valence-electron chi connectivity index (χ4n) is 2.08. The molecule has 0 fully saturated rings. The molecule has 3 aromatic rings. The molecule has 0 saturated heterocycles. The van der Waals surface area contributed by atoms with E-state index in [1.54, 1.807) is 23.4 Å². The van der Waals surface area contributed by atoms with E-state index in [9.17, 15) is 4.79 Å². The molecular formula is C17H14N4O. The minimum Gasteiger partial charge on any atom is -0.287 e. The van der Waals surface area contributed by atoms with Crippen LogP contribution in [0.4, 0.5) is 5.82 Å². The molecule has 0 N–H and O–H groups in total. The molecule has 2 heterocycles. The standard InChI is InChI=1S/C17H14N4O/c22-17(15-12-18-10-11-19-15)21(16-8-4-5-9-20-16)13-14-6-2-1-3-7-14/h1-12H,13H2. The van der Waals surface area contributed by atoms with Gasteiger partial charge in [0.05, 0.1) is 12.7 Å². The first kappa shape index (κ1) is 13.9. The molecule has 5 nitrogen and oxygen atoms in total. The molecule has 1 aromatic carbocycles. The number of hydrogen-bond donors (Lipinski definition) is 0. The second-order valence-electron chi connectivity index (χ2n) is 4.66. The van der Waals surface area contributed by atoms with Crippen LogP contribution in [0.1, 0.15) is 16.1 Å². The zero-order valence-electron chi connectivity index (χ0n) is 11.8. The minimum absolute atomic E-state index is 0.226. The Kier molecular flexibility index (Phi) is 4.15. The van der Waals surface area contributed by atoms with Gasteiger partial charge in [-0.05, 0) is 17.7 Å². The van der Waals surface area contributed by atoms with Crippen LogP contribution in [-0.2, 0) is 6.54 Å². The summed E-state index contributed by atoms with van der Waals surface area (Å²) in [5, 5.41) is 0. The van der Waals surface area contributed by atoms with E-state index in [-0.39, 0.29) is 5.91 Å². The molecule has 1 amide bonds. The highest BCUT2D eigenvalue weighted by molar-refractivity contribution is 6.03. The van der Waals surface area contributed by atoms with Crippen molar-refractivity contribution in [1.82, 2.24) is 15.0 Å². The smallest absolute Gasteiger partial charge is 0.279 e. The van der Waals surface area contributed by atoms with Crippen LogP contribution in [0.3, 0.4) is 0 Å². The van der Waals surface area contributed by atoms with Gasteiger partial charge < -0.3 is 0 Å². The monoisotopic (exact) mass is 290 g/mol. The van der Waals surface area contributed by atoms with Crippen LogP contribution in [0.25, 0.3) is 0 Å². The van der Waals surface area contributed by atoms with E-state index in [4.69, 9.17) is 0 Å². The van der Waals surface area contributed by atoms with Crippen molar-refractivity contribution in [2.75, 3.05) is 4.90 Å². The number of pyridine rings is 1. The van der Waals surface area contributed by atoms with Gasteiger partial charge in [0.1, 0.15) is 11.5 Å². The molecular weight excluding hydrogens is 276 g/mol. The number of anilines is 1. The molecule has 0 radical (unpaired) electrons. The highest BCUT2D eigenvalue weighted by atomic mass is 16.2. The van der Waals surface area contributed by atoms with Crippen molar-refractivity contribution in [1.29, 1.82) is 0 Å². The van der Waals surface area contributed by atoms with Crippen molar-refractivity contribution in [2.24, 2.45) is 0 Å². The number of carbonyl (C=O) groups is 1. The predicted octanol–water partition coefficient (Wildman–Crippen LogP) is 2.72. The lowest BCUT2D eigenvalue weighted by atomic mass is 10.2. The van der Waals surface area contributed by atoms with Crippen LogP contribution >= 0.6 is 0 Å². The van der Waals surface area contributed by atoms with Gasteiger partial charge in [-0.15, -0.1) is 0 Å². The molecule has 0 atom stereocenters. The summed E-state index contributed by atoms with van der Waals surface area (Å²) in [6, 6.07) is 15.2. The second kappa shape index (κ2) is 6.58. The summed E-state index contributed by atoms with van der Waals surface area (Å²) in [5.41, 5.74) is 1.31. The number of aromatic nitrogens is 3. The number of hydrogen-bond acceptors (Lipinski definition) is 4. The van der Waals surface area contributed by atoms with Crippen LogP contribution in [0.15, 0.2) is 73.3 Å². The Labute approximate surface area is 128 Å². The number of carbonyl (C=O) groups excluding carboxylic acids is 1.